The van der Waals surface area contributed by atoms with Gasteiger partial charge in [0.2, 0.25) is 10.0 Å². The van der Waals surface area contributed by atoms with Gasteiger partial charge in [0.1, 0.15) is 15.8 Å². The number of sulfonamides is 1. The summed E-state index contributed by atoms with van der Waals surface area (Å²) >= 11 is 0.772. The largest absolute Gasteiger partial charge is 0.355 e. The molecule has 3 heterocycles. The van der Waals surface area contributed by atoms with Crippen LogP contribution < -0.4 is 15.4 Å². The molecule has 0 spiro atoms. The summed E-state index contributed by atoms with van der Waals surface area (Å²) in [5.41, 5.74) is 0.474. The van der Waals surface area contributed by atoms with E-state index in [9.17, 15) is 26.4 Å². The number of benzene rings is 1. The molecule has 2 aromatic heterocycles. The maximum atomic E-state index is 14.0. The Bertz CT molecular complexity index is 1310. The van der Waals surface area contributed by atoms with Gasteiger partial charge in [-0.1, -0.05) is 6.92 Å². The molecule has 3 aromatic rings. The molecule has 1 atom stereocenters. The number of alkyl halides is 2. The molecule has 1 saturated heterocycles. The lowest BCUT2D eigenvalue weighted by Crippen LogP contribution is -2.46. The highest BCUT2D eigenvalue weighted by atomic mass is 32.2. The summed E-state index contributed by atoms with van der Waals surface area (Å²) in [6.45, 7) is 1.41. The zero-order valence-electron chi connectivity index (χ0n) is 16.8. The minimum atomic E-state index is -3.92. The fraction of sp³-hybridized carbons (Fsp3) is 0.300. The number of primary sulfonamides is 1. The molecule has 12 heteroatoms. The maximum Gasteiger partial charge on any atom is 0.260 e. The van der Waals surface area contributed by atoms with Crippen LogP contribution in [0.4, 0.5) is 24.0 Å². The number of rotatable bonds is 4. The fourth-order valence-corrected chi connectivity index (χ4v) is 5.17. The van der Waals surface area contributed by atoms with Crippen molar-refractivity contribution in [2.24, 2.45) is 11.1 Å². The van der Waals surface area contributed by atoms with Gasteiger partial charge in [0.15, 0.2) is 0 Å². The van der Waals surface area contributed by atoms with E-state index in [4.69, 9.17) is 5.14 Å². The summed E-state index contributed by atoms with van der Waals surface area (Å²) < 4.78 is 64.6. The third kappa shape index (κ3) is 4.43. The van der Waals surface area contributed by atoms with Crippen LogP contribution in [0.25, 0.3) is 10.9 Å². The molecular weight excluding hydrogens is 465 g/mol. The van der Waals surface area contributed by atoms with Crippen molar-refractivity contribution in [2.75, 3.05) is 23.3 Å². The molecule has 32 heavy (non-hydrogen) atoms. The van der Waals surface area contributed by atoms with E-state index >= 15 is 0 Å². The third-order valence-corrected chi connectivity index (χ3v) is 7.77. The van der Waals surface area contributed by atoms with Crippen LogP contribution in [0.1, 0.15) is 23.7 Å². The van der Waals surface area contributed by atoms with Crippen LogP contribution in [0, 0.1) is 11.7 Å². The van der Waals surface area contributed by atoms with Crippen LogP contribution in [0.15, 0.2) is 40.6 Å². The molecule has 170 valence electrons. The van der Waals surface area contributed by atoms with Gasteiger partial charge in [0.25, 0.3) is 11.8 Å². The quantitative estimate of drug-likeness (QED) is 0.586. The van der Waals surface area contributed by atoms with E-state index in [0.717, 1.165) is 11.3 Å². The number of pyridine rings is 1. The van der Waals surface area contributed by atoms with Crippen molar-refractivity contribution in [2.45, 2.75) is 23.5 Å². The fourth-order valence-electron chi connectivity index (χ4n) is 3.54. The number of nitrogens with one attached hydrogen (secondary N) is 1. The molecule has 1 unspecified atom stereocenters. The second-order valence-electron chi connectivity index (χ2n) is 7.67. The monoisotopic (exact) mass is 484 g/mol. The van der Waals surface area contributed by atoms with Crippen molar-refractivity contribution in [1.82, 2.24) is 4.98 Å². The molecular formula is C20H19F3N4O3S2. The number of piperidine rings is 1. The molecule has 7 nitrogen and oxygen atoms in total. The first-order chi connectivity index (χ1) is 14.9. The number of carbonyl (C=O) groups is 1. The molecule has 3 N–H and O–H groups in total. The summed E-state index contributed by atoms with van der Waals surface area (Å²) in [6, 6.07) is 8.00. The summed E-state index contributed by atoms with van der Waals surface area (Å²) in [7, 11) is -3.92. The van der Waals surface area contributed by atoms with Crippen LogP contribution in [-0.4, -0.2) is 38.3 Å². The number of amides is 1. The number of anilines is 2. The van der Waals surface area contributed by atoms with E-state index in [2.05, 4.69) is 10.3 Å². The van der Waals surface area contributed by atoms with E-state index in [-0.39, 0.29) is 40.1 Å². The van der Waals surface area contributed by atoms with E-state index < -0.39 is 33.6 Å². The Morgan fingerprint density at radius 1 is 1.28 bits per heavy atom. The van der Waals surface area contributed by atoms with Crippen molar-refractivity contribution < 1.29 is 26.4 Å². The molecule has 0 saturated carbocycles. The number of thiophene rings is 1. The van der Waals surface area contributed by atoms with Gasteiger partial charge in [-0.15, -0.1) is 11.3 Å². The van der Waals surface area contributed by atoms with Crippen molar-refractivity contribution in [1.29, 1.82) is 0 Å². The number of carbonyl (C=O) groups excluding carboxylic acids is 1. The van der Waals surface area contributed by atoms with Crippen LogP contribution in [0.3, 0.4) is 0 Å². The lowest BCUT2D eigenvalue weighted by atomic mass is 9.95. The molecule has 1 aliphatic rings. The first-order valence-electron chi connectivity index (χ1n) is 9.61. The van der Waals surface area contributed by atoms with Gasteiger partial charge in [-0.25, -0.2) is 31.7 Å². The average molecular weight is 485 g/mol. The van der Waals surface area contributed by atoms with E-state index in [1.165, 1.54) is 43.3 Å². The third-order valence-electron chi connectivity index (χ3n) is 5.33. The number of fused-ring (bicyclic) bond motifs is 1. The second-order valence-corrected chi connectivity index (χ2v) is 10.5. The highest BCUT2D eigenvalue weighted by Gasteiger charge is 2.42. The number of hydrogen-bond donors (Lipinski definition) is 2. The van der Waals surface area contributed by atoms with E-state index in [0.29, 0.717) is 10.9 Å². The Balaban J connectivity index is 1.73. The van der Waals surface area contributed by atoms with Crippen molar-refractivity contribution in [3.05, 3.63) is 47.8 Å². The second kappa shape index (κ2) is 8.01. The Morgan fingerprint density at radius 2 is 2.03 bits per heavy atom. The summed E-state index contributed by atoms with van der Waals surface area (Å²) in [5, 5.41) is 8.28. The molecule has 1 fully saturated rings. The highest BCUT2D eigenvalue weighted by Crippen LogP contribution is 2.36. The number of halogens is 3. The predicted molar refractivity (Wildman–Crippen MR) is 116 cm³/mol. The summed E-state index contributed by atoms with van der Waals surface area (Å²) in [6.07, 6.45) is -0.388. The van der Waals surface area contributed by atoms with Crippen molar-refractivity contribution in [3.63, 3.8) is 0 Å². The molecule has 0 radical (unpaired) electrons. The molecule has 1 amide bonds. The molecule has 1 aromatic carbocycles. The maximum absolute atomic E-state index is 14.0. The van der Waals surface area contributed by atoms with Crippen molar-refractivity contribution >= 4 is 49.0 Å². The van der Waals surface area contributed by atoms with Crippen LogP contribution in [0.2, 0.25) is 0 Å². The van der Waals surface area contributed by atoms with Crippen molar-refractivity contribution in [3.8, 4) is 0 Å². The Morgan fingerprint density at radius 3 is 2.69 bits per heavy atom. The van der Waals surface area contributed by atoms with Crippen LogP contribution >= 0.6 is 11.3 Å². The SMILES string of the molecule is CC1CN(c2nc3ccc(F)cc3cc2C(=O)Nc2ccc(S(N)(=O)=O)s2)CCC1(F)F. The summed E-state index contributed by atoms with van der Waals surface area (Å²) in [4.78, 5) is 19.2. The minimum Gasteiger partial charge on any atom is -0.355 e. The van der Waals surface area contributed by atoms with E-state index in [1.807, 2.05) is 0 Å². The molecule has 0 aliphatic carbocycles. The minimum absolute atomic E-state index is 0.00805. The highest BCUT2D eigenvalue weighted by molar-refractivity contribution is 7.91. The average Bonchev–Trinajstić information content (AvgIpc) is 3.18. The number of nitrogens with two attached hydrogens (primary N) is 1. The lowest BCUT2D eigenvalue weighted by molar-refractivity contribution is -0.0652. The smallest absolute Gasteiger partial charge is 0.260 e. The Labute approximate surface area is 186 Å². The molecule has 4 rings (SSSR count). The van der Waals surface area contributed by atoms with Gasteiger partial charge >= 0.3 is 0 Å². The normalized spacial score (nSPS) is 18.7. The Kier molecular flexibility index (Phi) is 5.63. The predicted octanol–water partition coefficient (Wildman–Crippen LogP) is 3.82. The van der Waals surface area contributed by atoms with Gasteiger partial charge in [-0.2, -0.15) is 0 Å². The van der Waals surface area contributed by atoms with E-state index in [1.54, 1.807) is 4.90 Å². The number of hydrogen-bond acceptors (Lipinski definition) is 6. The Hall–Kier alpha value is -2.70. The first kappa shape index (κ1) is 22.5. The number of aromatic nitrogens is 1. The summed E-state index contributed by atoms with van der Waals surface area (Å²) in [5.74, 6) is -4.72. The topological polar surface area (TPSA) is 105 Å². The van der Waals surface area contributed by atoms with Gasteiger partial charge in [0, 0.05) is 30.8 Å². The standard InChI is InChI=1S/C20H19F3N4O3S2/c1-11-10-27(7-6-20(11,22)23)18-14(9-12-8-13(21)2-3-15(12)25-18)19(28)26-16-4-5-17(31-16)32(24,29)30/h2-5,8-9,11H,6-7,10H2,1H3,(H,26,28)(H2,24,29,30). The van der Waals surface area contributed by atoms with Crippen LogP contribution in [-0.2, 0) is 10.0 Å². The first-order valence-corrected chi connectivity index (χ1v) is 12.0. The lowest BCUT2D eigenvalue weighted by Gasteiger charge is -2.38. The van der Waals surface area contributed by atoms with Gasteiger partial charge in [0.05, 0.1) is 16.1 Å². The number of nitrogens with zero attached hydrogens (tertiary/aromatic N) is 2. The van der Waals surface area contributed by atoms with Gasteiger partial charge < -0.3 is 10.2 Å². The molecule has 0 bridgehead atoms. The molecule has 1 aliphatic heterocycles. The zero-order valence-corrected chi connectivity index (χ0v) is 18.4. The zero-order chi connectivity index (χ0) is 23.3. The van der Waals surface area contributed by atoms with Gasteiger partial charge in [-0.3, -0.25) is 4.79 Å². The van der Waals surface area contributed by atoms with Gasteiger partial charge in [-0.05, 0) is 36.4 Å². The van der Waals surface area contributed by atoms with Crippen LogP contribution in [0.5, 0.6) is 0 Å².